The molecule has 0 bridgehead atoms. The molecule has 1 heterocycles. The molecule has 16 heavy (non-hydrogen) atoms. The van der Waals surface area contributed by atoms with Crippen LogP contribution in [0.4, 0.5) is 5.82 Å². The molecule has 1 atom stereocenters. The van der Waals surface area contributed by atoms with Crippen molar-refractivity contribution in [1.29, 1.82) is 0 Å². The Bertz CT molecular complexity index is 328. The van der Waals surface area contributed by atoms with E-state index in [9.17, 15) is 0 Å². The summed E-state index contributed by atoms with van der Waals surface area (Å²) in [6.45, 7) is 5.26. The highest BCUT2D eigenvalue weighted by molar-refractivity contribution is 5.42. The highest BCUT2D eigenvalue weighted by Gasteiger charge is 2.28. The first-order valence-corrected chi connectivity index (χ1v) is 6.18. The minimum atomic E-state index is 0.207. The third-order valence-corrected chi connectivity index (χ3v) is 2.99. The minimum Gasteiger partial charge on any atom is -0.354 e. The van der Waals surface area contributed by atoms with Gasteiger partial charge in [-0.1, -0.05) is 6.07 Å². The number of nitrogens with zero attached hydrogens (tertiary/aromatic N) is 2. The lowest BCUT2D eigenvalue weighted by atomic mass is 10.1. The topological polar surface area (TPSA) is 42.1 Å². The molecule has 1 aliphatic rings. The summed E-state index contributed by atoms with van der Waals surface area (Å²) in [5.41, 5.74) is 7.00. The van der Waals surface area contributed by atoms with Crippen molar-refractivity contribution in [3.8, 4) is 0 Å². The summed E-state index contributed by atoms with van der Waals surface area (Å²) >= 11 is 0. The summed E-state index contributed by atoms with van der Waals surface area (Å²) < 4.78 is 0. The van der Waals surface area contributed by atoms with Gasteiger partial charge in [0.1, 0.15) is 5.82 Å². The number of pyridine rings is 1. The van der Waals surface area contributed by atoms with Gasteiger partial charge in [-0.3, -0.25) is 0 Å². The molecule has 2 rings (SSSR count). The van der Waals surface area contributed by atoms with Crippen LogP contribution in [0, 0.1) is 0 Å². The van der Waals surface area contributed by atoms with Gasteiger partial charge in [0.15, 0.2) is 0 Å². The van der Waals surface area contributed by atoms with E-state index in [1.165, 1.54) is 18.4 Å². The molecule has 0 radical (unpaired) electrons. The minimum absolute atomic E-state index is 0.207. The van der Waals surface area contributed by atoms with E-state index in [0.29, 0.717) is 0 Å². The van der Waals surface area contributed by atoms with E-state index in [-0.39, 0.29) is 6.04 Å². The van der Waals surface area contributed by atoms with Crippen LogP contribution in [-0.4, -0.2) is 23.6 Å². The van der Waals surface area contributed by atoms with Gasteiger partial charge in [-0.2, -0.15) is 0 Å². The maximum atomic E-state index is 5.77. The van der Waals surface area contributed by atoms with E-state index >= 15 is 0 Å². The Morgan fingerprint density at radius 1 is 1.50 bits per heavy atom. The standard InChI is InChI=1S/C13H21N3/c1-3-16(12-5-6-12)13-7-4-11(9-15-13)8-10(2)14/h4,7,9-10,12H,3,5-6,8,14H2,1-2H3. The fourth-order valence-electron chi connectivity index (χ4n) is 2.07. The zero-order chi connectivity index (χ0) is 11.5. The second kappa shape index (κ2) is 4.83. The number of hydrogen-bond donors (Lipinski definition) is 1. The van der Waals surface area contributed by atoms with Gasteiger partial charge in [-0.15, -0.1) is 0 Å². The van der Waals surface area contributed by atoms with Gasteiger partial charge in [-0.25, -0.2) is 4.98 Å². The molecule has 0 spiro atoms. The summed E-state index contributed by atoms with van der Waals surface area (Å²) in [6.07, 6.45) is 5.50. The first kappa shape index (κ1) is 11.4. The third-order valence-electron chi connectivity index (χ3n) is 2.99. The van der Waals surface area contributed by atoms with Crippen LogP contribution in [0.5, 0.6) is 0 Å². The monoisotopic (exact) mass is 219 g/mol. The normalized spacial score (nSPS) is 17.2. The van der Waals surface area contributed by atoms with Crippen molar-refractivity contribution in [2.24, 2.45) is 5.73 Å². The average molecular weight is 219 g/mol. The number of hydrogen-bond acceptors (Lipinski definition) is 3. The van der Waals surface area contributed by atoms with Crippen molar-refractivity contribution >= 4 is 5.82 Å². The molecule has 0 saturated heterocycles. The van der Waals surface area contributed by atoms with Crippen molar-refractivity contribution in [1.82, 2.24) is 4.98 Å². The lowest BCUT2D eigenvalue weighted by molar-refractivity contribution is 0.733. The van der Waals surface area contributed by atoms with Crippen LogP contribution in [0.2, 0.25) is 0 Å². The smallest absolute Gasteiger partial charge is 0.128 e. The van der Waals surface area contributed by atoms with Gasteiger partial charge >= 0.3 is 0 Å². The first-order chi connectivity index (χ1) is 7.70. The molecule has 0 amide bonds. The van der Waals surface area contributed by atoms with Crippen molar-refractivity contribution in [3.63, 3.8) is 0 Å². The largest absolute Gasteiger partial charge is 0.354 e. The first-order valence-electron chi connectivity index (χ1n) is 6.18. The Labute approximate surface area is 97.7 Å². The van der Waals surface area contributed by atoms with Crippen LogP contribution in [0.15, 0.2) is 18.3 Å². The van der Waals surface area contributed by atoms with Crippen LogP contribution in [-0.2, 0) is 6.42 Å². The van der Waals surface area contributed by atoms with Gasteiger partial charge in [0.05, 0.1) is 0 Å². The lowest BCUT2D eigenvalue weighted by Crippen LogP contribution is -2.26. The quantitative estimate of drug-likeness (QED) is 0.823. The number of aromatic nitrogens is 1. The second-order valence-electron chi connectivity index (χ2n) is 4.72. The molecular formula is C13H21N3. The van der Waals surface area contributed by atoms with E-state index < -0.39 is 0 Å². The van der Waals surface area contributed by atoms with Gasteiger partial charge in [0, 0.05) is 24.8 Å². The fraction of sp³-hybridized carbons (Fsp3) is 0.615. The number of rotatable bonds is 5. The molecule has 2 N–H and O–H groups in total. The van der Waals surface area contributed by atoms with Crippen molar-refractivity contribution in [2.45, 2.75) is 45.2 Å². The summed E-state index contributed by atoms with van der Waals surface area (Å²) in [6, 6.07) is 5.21. The Morgan fingerprint density at radius 3 is 2.69 bits per heavy atom. The average Bonchev–Trinajstić information content (AvgIpc) is 3.05. The fourth-order valence-corrected chi connectivity index (χ4v) is 2.07. The van der Waals surface area contributed by atoms with Gasteiger partial charge in [0.25, 0.3) is 0 Å². The van der Waals surface area contributed by atoms with Crippen LogP contribution in [0.3, 0.4) is 0 Å². The number of anilines is 1. The van der Waals surface area contributed by atoms with Crippen LogP contribution in [0.1, 0.15) is 32.3 Å². The summed E-state index contributed by atoms with van der Waals surface area (Å²) in [4.78, 5) is 6.92. The van der Waals surface area contributed by atoms with E-state index in [1.807, 2.05) is 13.1 Å². The van der Waals surface area contributed by atoms with Crippen molar-refractivity contribution in [2.75, 3.05) is 11.4 Å². The third kappa shape index (κ3) is 2.73. The van der Waals surface area contributed by atoms with E-state index in [2.05, 4.69) is 28.9 Å². The lowest BCUT2D eigenvalue weighted by Gasteiger charge is -2.21. The van der Waals surface area contributed by atoms with Gasteiger partial charge in [0.2, 0.25) is 0 Å². The number of nitrogens with two attached hydrogens (primary N) is 1. The van der Waals surface area contributed by atoms with E-state index in [4.69, 9.17) is 5.73 Å². The van der Waals surface area contributed by atoms with E-state index in [1.54, 1.807) is 0 Å². The molecule has 3 heteroatoms. The molecule has 1 saturated carbocycles. The van der Waals surface area contributed by atoms with Gasteiger partial charge < -0.3 is 10.6 Å². The molecule has 3 nitrogen and oxygen atoms in total. The van der Waals surface area contributed by atoms with Crippen LogP contribution < -0.4 is 10.6 Å². The SMILES string of the molecule is CCN(c1ccc(CC(C)N)cn1)C1CC1. The van der Waals surface area contributed by atoms with Crippen molar-refractivity contribution < 1.29 is 0 Å². The highest BCUT2D eigenvalue weighted by atomic mass is 15.2. The zero-order valence-corrected chi connectivity index (χ0v) is 10.2. The second-order valence-corrected chi connectivity index (χ2v) is 4.72. The molecule has 1 aromatic heterocycles. The molecule has 1 aromatic rings. The summed E-state index contributed by atoms with van der Waals surface area (Å²) in [7, 11) is 0. The molecule has 0 aliphatic heterocycles. The predicted octanol–water partition coefficient (Wildman–Crippen LogP) is 1.96. The molecular weight excluding hydrogens is 198 g/mol. The Balaban J connectivity index is 2.05. The van der Waals surface area contributed by atoms with E-state index in [0.717, 1.165) is 24.8 Å². The maximum Gasteiger partial charge on any atom is 0.128 e. The Hall–Kier alpha value is -1.09. The van der Waals surface area contributed by atoms with Crippen LogP contribution >= 0.6 is 0 Å². The van der Waals surface area contributed by atoms with Gasteiger partial charge in [-0.05, 0) is 44.7 Å². The predicted molar refractivity (Wildman–Crippen MR) is 67.6 cm³/mol. The highest BCUT2D eigenvalue weighted by Crippen LogP contribution is 2.30. The molecule has 1 fully saturated rings. The maximum absolute atomic E-state index is 5.77. The van der Waals surface area contributed by atoms with Crippen LogP contribution in [0.25, 0.3) is 0 Å². The Morgan fingerprint density at radius 2 is 2.25 bits per heavy atom. The summed E-state index contributed by atoms with van der Waals surface area (Å²) in [5.74, 6) is 1.11. The summed E-state index contributed by atoms with van der Waals surface area (Å²) in [5, 5.41) is 0. The molecule has 1 aliphatic carbocycles. The Kier molecular flexibility index (Phi) is 3.44. The molecule has 1 unspecified atom stereocenters. The molecule has 0 aromatic carbocycles. The van der Waals surface area contributed by atoms with Crippen molar-refractivity contribution in [3.05, 3.63) is 23.9 Å². The molecule has 88 valence electrons. The zero-order valence-electron chi connectivity index (χ0n) is 10.2.